The molecule has 2 heteroatoms. The summed E-state index contributed by atoms with van der Waals surface area (Å²) in [6, 6.07) is 24.5. The number of carbonyl (C=O) groups is 1. The number of hydrogen-bond acceptors (Lipinski definition) is 2. The second kappa shape index (κ2) is 6.63. The third kappa shape index (κ3) is 3.29. The van der Waals surface area contributed by atoms with E-state index in [1.54, 1.807) is 11.8 Å². The van der Waals surface area contributed by atoms with Gasteiger partial charge in [-0.2, -0.15) is 0 Å². The Kier molecular flexibility index (Phi) is 4.40. The second-order valence-corrected chi connectivity index (χ2v) is 6.29. The third-order valence-corrected chi connectivity index (χ3v) is 4.53. The van der Waals surface area contributed by atoms with Gasteiger partial charge in [-0.05, 0) is 42.3 Å². The lowest BCUT2D eigenvalue weighted by molar-refractivity contribution is 0.112. The number of aldehydes is 1. The number of benzene rings is 3. The lowest BCUT2D eigenvalue weighted by Crippen LogP contribution is -1.86. The first kappa shape index (κ1) is 14.6. The molecule has 1 nitrogen and oxygen atoms in total. The number of aryl methyl sites for hydroxylation is 1. The molecule has 0 aliphatic heterocycles. The molecule has 0 unspecified atom stereocenters. The Hall–Kier alpha value is -2.32. The Bertz CT molecular complexity index is 774. The lowest BCUT2D eigenvalue weighted by Gasteiger charge is -2.07. The summed E-state index contributed by atoms with van der Waals surface area (Å²) in [5, 5.41) is 0. The summed E-state index contributed by atoms with van der Waals surface area (Å²) in [6.07, 6.45) is 0.907. The van der Waals surface area contributed by atoms with Crippen LogP contribution in [0.2, 0.25) is 0 Å². The normalized spacial score (nSPS) is 10.4. The van der Waals surface area contributed by atoms with Crippen molar-refractivity contribution >= 4 is 18.0 Å². The van der Waals surface area contributed by atoms with Gasteiger partial charge in [0.25, 0.3) is 0 Å². The van der Waals surface area contributed by atoms with Gasteiger partial charge in [0.15, 0.2) is 6.29 Å². The molecule has 0 spiro atoms. The van der Waals surface area contributed by atoms with Gasteiger partial charge in [-0.25, -0.2) is 0 Å². The maximum absolute atomic E-state index is 11.1. The zero-order valence-electron chi connectivity index (χ0n) is 12.3. The highest BCUT2D eigenvalue weighted by Crippen LogP contribution is 2.30. The van der Waals surface area contributed by atoms with Crippen molar-refractivity contribution in [1.82, 2.24) is 0 Å². The molecule has 0 saturated heterocycles. The molecule has 0 heterocycles. The molecule has 3 aromatic carbocycles. The molecule has 0 aliphatic carbocycles. The topological polar surface area (TPSA) is 17.1 Å². The van der Waals surface area contributed by atoms with Crippen LogP contribution in [0.15, 0.2) is 82.6 Å². The van der Waals surface area contributed by atoms with Crippen LogP contribution in [0.5, 0.6) is 0 Å². The minimum Gasteiger partial charge on any atom is -0.298 e. The number of hydrogen-bond donors (Lipinski definition) is 0. The lowest BCUT2D eigenvalue weighted by atomic mass is 10.0. The Balaban J connectivity index is 1.83. The second-order valence-electron chi connectivity index (χ2n) is 5.14. The number of rotatable bonds is 4. The molecule has 0 N–H and O–H groups in total. The van der Waals surface area contributed by atoms with E-state index in [9.17, 15) is 4.79 Å². The largest absolute Gasteiger partial charge is 0.298 e. The highest BCUT2D eigenvalue weighted by Gasteiger charge is 2.04. The summed E-state index contributed by atoms with van der Waals surface area (Å²) in [7, 11) is 0. The average Bonchev–Trinajstić information content (AvgIpc) is 2.58. The maximum Gasteiger partial charge on any atom is 0.150 e. The van der Waals surface area contributed by atoms with Gasteiger partial charge in [-0.3, -0.25) is 4.79 Å². The fraction of sp³-hybridized carbons (Fsp3) is 0.0500. The van der Waals surface area contributed by atoms with E-state index in [-0.39, 0.29) is 0 Å². The van der Waals surface area contributed by atoms with Gasteiger partial charge in [0, 0.05) is 15.4 Å². The highest BCUT2D eigenvalue weighted by molar-refractivity contribution is 7.99. The molecule has 0 fully saturated rings. The van der Waals surface area contributed by atoms with Crippen LogP contribution in [0.1, 0.15) is 15.9 Å². The summed E-state index contributed by atoms with van der Waals surface area (Å²) in [5.74, 6) is 0. The third-order valence-electron chi connectivity index (χ3n) is 3.51. The highest BCUT2D eigenvalue weighted by atomic mass is 32.2. The molecule has 0 amide bonds. The quantitative estimate of drug-likeness (QED) is 0.581. The molecule has 3 rings (SSSR count). The van der Waals surface area contributed by atoms with Crippen LogP contribution in [-0.4, -0.2) is 6.29 Å². The average molecular weight is 304 g/mol. The van der Waals surface area contributed by atoms with Gasteiger partial charge >= 0.3 is 0 Å². The van der Waals surface area contributed by atoms with Crippen molar-refractivity contribution in [3.63, 3.8) is 0 Å². The summed E-state index contributed by atoms with van der Waals surface area (Å²) in [6.45, 7) is 2.09. The maximum atomic E-state index is 11.1. The van der Waals surface area contributed by atoms with E-state index in [1.807, 2.05) is 24.3 Å². The SMILES string of the molecule is Cc1ccc(Sc2ccc(-c3ccccc3C=O)cc2)cc1. The van der Waals surface area contributed by atoms with Crippen LogP contribution < -0.4 is 0 Å². The minimum atomic E-state index is 0.724. The van der Waals surface area contributed by atoms with Crippen molar-refractivity contribution < 1.29 is 4.79 Å². The fourth-order valence-corrected chi connectivity index (χ4v) is 3.12. The Morgan fingerprint density at radius 3 is 2.00 bits per heavy atom. The van der Waals surface area contributed by atoms with Gasteiger partial charge in [-0.15, -0.1) is 0 Å². The Morgan fingerprint density at radius 2 is 1.36 bits per heavy atom. The van der Waals surface area contributed by atoms with Gasteiger partial charge in [0.1, 0.15) is 0 Å². The van der Waals surface area contributed by atoms with Crippen molar-refractivity contribution in [3.8, 4) is 11.1 Å². The van der Waals surface area contributed by atoms with E-state index in [2.05, 4.69) is 55.5 Å². The molecule has 0 aromatic heterocycles. The van der Waals surface area contributed by atoms with E-state index < -0.39 is 0 Å². The van der Waals surface area contributed by atoms with Crippen LogP contribution in [0, 0.1) is 6.92 Å². The molecule has 0 atom stereocenters. The molecule has 3 aromatic rings. The molecule has 108 valence electrons. The molecule has 0 aliphatic rings. The Labute approximate surface area is 135 Å². The van der Waals surface area contributed by atoms with Gasteiger partial charge in [0.05, 0.1) is 0 Å². The Morgan fingerprint density at radius 1 is 0.773 bits per heavy atom. The molecule has 22 heavy (non-hydrogen) atoms. The van der Waals surface area contributed by atoms with Gasteiger partial charge in [-0.1, -0.05) is 65.9 Å². The first-order chi connectivity index (χ1) is 10.8. The predicted molar refractivity (Wildman–Crippen MR) is 92.6 cm³/mol. The van der Waals surface area contributed by atoms with Crippen molar-refractivity contribution in [2.45, 2.75) is 16.7 Å². The first-order valence-corrected chi connectivity index (χ1v) is 7.97. The summed E-state index contributed by atoms with van der Waals surface area (Å²) in [5.41, 5.74) is 4.03. The number of carbonyl (C=O) groups excluding carboxylic acids is 1. The molecule has 0 radical (unpaired) electrons. The van der Waals surface area contributed by atoms with E-state index in [0.717, 1.165) is 23.0 Å². The van der Waals surface area contributed by atoms with E-state index >= 15 is 0 Å². The van der Waals surface area contributed by atoms with Crippen molar-refractivity contribution in [2.24, 2.45) is 0 Å². The van der Waals surface area contributed by atoms with E-state index in [1.165, 1.54) is 15.4 Å². The summed E-state index contributed by atoms with van der Waals surface area (Å²) >= 11 is 1.74. The van der Waals surface area contributed by atoms with Gasteiger partial charge in [0.2, 0.25) is 0 Å². The standard InChI is InChI=1S/C20H16OS/c1-15-6-10-18(11-7-15)22-19-12-8-16(9-13-19)20-5-3-2-4-17(20)14-21/h2-14H,1H3. The van der Waals surface area contributed by atoms with E-state index in [4.69, 9.17) is 0 Å². The summed E-state index contributed by atoms with van der Waals surface area (Å²) < 4.78 is 0. The van der Waals surface area contributed by atoms with Crippen LogP contribution in [0.25, 0.3) is 11.1 Å². The fourth-order valence-electron chi connectivity index (χ4n) is 2.31. The van der Waals surface area contributed by atoms with Crippen LogP contribution in [0.4, 0.5) is 0 Å². The van der Waals surface area contributed by atoms with Gasteiger partial charge < -0.3 is 0 Å². The van der Waals surface area contributed by atoms with Crippen LogP contribution in [0.3, 0.4) is 0 Å². The minimum absolute atomic E-state index is 0.724. The monoisotopic (exact) mass is 304 g/mol. The van der Waals surface area contributed by atoms with Crippen molar-refractivity contribution in [3.05, 3.63) is 83.9 Å². The molecule has 0 saturated carbocycles. The van der Waals surface area contributed by atoms with E-state index in [0.29, 0.717) is 0 Å². The predicted octanol–water partition coefficient (Wildman–Crippen LogP) is 5.63. The van der Waals surface area contributed by atoms with Crippen molar-refractivity contribution in [2.75, 3.05) is 0 Å². The zero-order chi connectivity index (χ0) is 15.4. The van der Waals surface area contributed by atoms with Crippen LogP contribution in [-0.2, 0) is 0 Å². The van der Waals surface area contributed by atoms with Crippen LogP contribution >= 0.6 is 11.8 Å². The van der Waals surface area contributed by atoms with Crippen molar-refractivity contribution in [1.29, 1.82) is 0 Å². The molecule has 0 bridgehead atoms. The zero-order valence-corrected chi connectivity index (χ0v) is 13.1. The first-order valence-electron chi connectivity index (χ1n) is 7.15. The molecular weight excluding hydrogens is 288 g/mol. The molecular formula is C20H16OS. The smallest absolute Gasteiger partial charge is 0.150 e. The summed E-state index contributed by atoms with van der Waals surface area (Å²) in [4.78, 5) is 13.6.